The Hall–Kier alpha value is -1.51. The zero-order valence-corrected chi connectivity index (χ0v) is 12.3. The second kappa shape index (κ2) is 5.47. The van der Waals surface area contributed by atoms with E-state index in [0.29, 0.717) is 6.04 Å². The van der Waals surface area contributed by atoms with Crippen LogP contribution in [0.2, 0.25) is 5.02 Å². The molecular formula is C17H19ClN2. The Bertz CT molecular complexity index is 624. The number of halogens is 1. The summed E-state index contributed by atoms with van der Waals surface area (Å²) in [5.74, 6) is 0. The van der Waals surface area contributed by atoms with Crippen LogP contribution in [0.25, 0.3) is 0 Å². The summed E-state index contributed by atoms with van der Waals surface area (Å²) in [6.07, 6.45) is 2.21. The fourth-order valence-corrected chi connectivity index (χ4v) is 3.33. The number of benzene rings is 2. The first kappa shape index (κ1) is 13.5. The number of anilines is 1. The highest BCUT2D eigenvalue weighted by Crippen LogP contribution is 2.34. The summed E-state index contributed by atoms with van der Waals surface area (Å²) in [4.78, 5) is 0. The van der Waals surface area contributed by atoms with Crippen molar-refractivity contribution >= 4 is 17.3 Å². The number of fused-ring (bicyclic) bond motifs is 1. The zero-order chi connectivity index (χ0) is 14.1. The van der Waals surface area contributed by atoms with Crippen molar-refractivity contribution in [2.75, 3.05) is 5.73 Å². The van der Waals surface area contributed by atoms with Crippen LogP contribution in [-0.2, 0) is 6.42 Å². The van der Waals surface area contributed by atoms with E-state index in [2.05, 4.69) is 30.4 Å². The molecule has 1 aliphatic carbocycles. The van der Waals surface area contributed by atoms with E-state index in [4.69, 9.17) is 17.3 Å². The lowest BCUT2D eigenvalue weighted by atomic mass is 10.0. The maximum Gasteiger partial charge on any atom is 0.0453 e. The molecule has 2 atom stereocenters. The van der Waals surface area contributed by atoms with Gasteiger partial charge in [0, 0.05) is 22.8 Å². The molecule has 104 valence electrons. The van der Waals surface area contributed by atoms with Crippen molar-refractivity contribution in [2.45, 2.75) is 31.8 Å². The molecule has 1 aliphatic rings. The maximum absolute atomic E-state index is 6.27. The summed E-state index contributed by atoms with van der Waals surface area (Å²) in [6, 6.07) is 14.9. The minimum atomic E-state index is 0.234. The predicted molar refractivity (Wildman–Crippen MR) is 84.9 cm³/mol. The zero-order valence-electron chi connectivity index (χ0n) is 11.6. The summed E-state index contributed by atoms with van der Waals surface area (Å²) in [5.41, 5.74) is 10.6. The highest BCUT2D eigenvalue weighted by atomic mass is 35.5. The van der Waals surface area contributed by atoms with Crippen LogP contribution in [0.1, 0.15) is 42.1 Å². The Morgan fingerprint density at radius 2 is 2.05 bits per heavy atom. The Kier molecular flexibility index (Phi) is 3.68. The number of hydrogen-bond acceptors (Lipinski definition) is 2. The quantitative estimate of drug-likeness (QED) is 0.828. The fraction of sp³-hybridized carbons (Fsp3) is 0.294. The van der Waals surface area contributed by atoms with Gasteiger partial charge in [-0.1, -0.05) is 35.9 Å². The normalized spacial score (nSPS) is 18.8. The second-order valence-electron chi connectivity index (χ2n) is 5.46. The van der Waals surface area contributed by atoms with Gasteiger partial charge in [-0.05, 0) is 54.7 Å². The van der Waals surface area contributed by atoms with E-state index >= 15 is 0 Å². The van der Waals surface area contributed by atoms with Crippen LogP contribution >= 0.6 is 11.6 Å². The van der Waals surface area contributed by atoms with Crippen molar-refractivity contribution in [2.24, 2.45) is 0 Å². The van der Waals surface area contributed by atoms with Crippen LogP contribution in [0.5, 0.6) is 0 Å². The average Bonchev–Trinajstić information content (AvgIpc) is 2.81. The van der Waals surface area contributed by atoms with Crippen molar-refractivity contribution in [1.82, 2.24) is 5.32 Å². The second-order valence-corrected chi connectivity index (χ2v) is 5.87. The first-order valence-corrected chi connectivity index (χ1v) is 7.41. The number of nitrogens with one attached hydrogen (secondary N) is 1. The van der Waals surface area contributed by atoms with Crippen molar-refractivity contribution in [1.29, 1.82) is 0 Å². The Morgan fingerprint density at radius 3 is 2.85 bits per heavy atom. The molecule has 20 heavy (non-hydrogen) atoms. The van der Waals surface area contributed by atoms with Crippen molar-refractivity contribution < 1.29 is 0 Å². The molecule has 0 bridgehead atoms. The first-order valence-electron chi connectivity index (χ1n) is 7.04. The van der Waals surface area contributed by atoms with Gasteiger partial charge in [-0.15, -0.1) is 0 Å². The van der Waals surface area contributed by atoms with Crippen LogP contribution in [0.3, 0.4) is 0 Å². The van der Waals surface area contributed by atoms with Crippen molar-refractivity contribution in [3.8, 4) is 0 Å². The van der Waals surface area contributed by atoms with Crippen molar-refractivity contribution in [3.05, 3.63) is 64.2 Å². The fourth-order valence-electron chi connectivity index (χ4n) is 3.03. The van der Waals surface area contributed by atoms with E-state index in [1.165, 1.54) is 11.1 Å². The lowest BCUT2D eigenvalue weighted by Crippen LogP contribution is -2.23. The first-order chi connectivity index (χ1) is 9.65. The molecule has 0 saturated heterocycles. The van der Waals surface area contributed by atoms with Gasteiger partial charge in [0.05, 0.1) is 0 Å². The van der Waals surface area contributed by atoms with Gasteiger partial charge in [0.25, 0.3) is 0 Å². The van der Waals surface area contributed by atoms with Gasteiger partial charge in [-0.2, -0.15) is 0 Å². The highest BCUT2D eigenvalue weighted by molar-refractivity contribution is 6.31. The monoisotopic (exact) mass is 286 g/mol. The van der Waals surface area contributed by atoms with Crippen LogP contribution in [0.4, 0.5) is 5.69 Å². The van der Waals surface area contributed by atoms with Gasteiger partial charge in [-0.3, -0.25) is 0 Å². The maximum atomic E-state index is 6.27. The molecule has 0 radical (unpaired) electrons. The summed E-state index contributed by atoms with van der Waals surface area (Å²) in [5, 5.41) is 4.51. The topological polar surface area (TPSA) is 38.0 Å². The third kappa shape index (κ3) is 2.54. The number of nitrogens with two attached hydrogens (primary N) is 1. The number of hydrogen-bond donors (Lipinski definition) is 2. The molecule has 3 heteroatoms. The van der Waals surface area contributed by atoms with Gasteiger partial charge >= 0.3 is 0 Å². The van der Waals surface area contributed by atoms with E-state index in [9.17, 15) is 0 Å². The van der Waals surface area contributed by atoms with Gasteiger partial charge in [0.15, 0.2) is 0 Å². The van der Waals surface area contributed by atoms with Crippen LogP contribution in [0.15, 0.2) is 42.5 Å². The predicted octanol–water partition coefficient (Wildman–Crippen LogP) is 4.26. The molecule has 2 aromatic carbocycles. The molecule has 3 rings (SSSR count). The summed E-state index contributed by atoms with van der Waals surface area (Å²) < 4.78 is 0. The van der Waals surface area contributed by atoms with Crippen LogP contribution in [0, 0.1) is 0 Å². The summed E-state index contributed by atoms with van der Waals surface area (Å²) in [6.45, 7) is 2.16. The smallest absolute Gasteiger partial charge is 0.0453 e. The molecule has 2 aromatic rings. The minimum absolute atomic E-state index is 0.234. The van der Waals surface area contributed by atoms with Crippen molar-refractivity contribution in [3.63, 3.8) is 0 Å². The third-order valence-electron chi connectivity index (χ3n) is 4.07. The van der Waals surface area contributed by atoms with Crippen LogP contribution < -0.4 is 11.1 Å². The molecule has 1 unspecified atom stereocenters. The molecule has 0 amide bonds. The minimum Gasteiger partial charge on any atom is -0.399 e. The Labute approximate surface area is 125 Å². The van der Waals surface area contributed by atoms with Gasteiger partial charge in [0.1, 0.15) is 0 Å². The Morgan fingerprint density at radius 1 is 1.25 bits per heavy atom. The molecule has 0 fully saturated rings. The van der Waals surface area contributed by atoms with E-state index in [-0.39, 0.29) is 6.04 Å². The van der Waals surface area contributed by atoms with E-state index in [1.807, 2.05) is 24.3 Å². The van der Waals surface area contributed by atoms with Crippen LogP contribution in [-0.4, -0.2) is 0 Å². The molecular weight excluding hydrogens is 268 g/mol. The third-order valence-corrected chi connectivity index (χ3v) is 4.41. The summed E-state index contributed by atoms with van der Waals surface area (Å²) in [7, 11) is 0. The van der Waals surface area contributed by atoms with Gasteiger partial charge in [0.2, 0.25) is 0 Å². The number of nitrogen functional groups attached to an aromatic ring is 1. The largest absolute Gasteiger partial charge is 0.399 e. The molecule has 0 aliphatic heterocycles. The molecule has 0 aromatic heterocycles. The molecule has 2 nitrogen and oxygen atoms in total. The lowest BCUT2D eigenvalue weighted by molar-refractivity contribution is 0.465. The van der Waals surface area contributed by atoms with Gasteiger partial charge < -0.3 is 11.1 Å². The van der Waals surface area contributed by atoms with E-state index < -0.39 is 0 Å². The molecule has 0 spiro atoms. The SMILES string of the molecule is C[C@@H](NC1CCc2cc(N)ccc21)c1ccccc1Cl. The highest BCUT2D eigenvalue weighted by Gasteiger charge is 2.24. The number of rotatable bonds is 3. The molecule has 0 heterocycles. The standard InChI is InChI=1S/C17H19ClN2/c1-11(14-4-2-3-5-16(14)18)20-17-9-6-12-10-13(19)7-8-15(12)17/h2-5,7-8,10-11,17,20H,6,9,19H2,1H3/t11-,17?/m1/s1. The molecule has 3 N–H and O–H groups in total. The van der Waals surface area contributed by atoms with E-state index in [0.717, 1.165) is 29.1 Å². The lowest BCUT2D eigenvalue weighted by Gasteiger charge is -2.21. The molecule has 0 saturated carbocycles. The van der Waals surface area contributed by atoms with Gasteiger partial charge in [-0.25, -0.2) is 0 Å². The van der Waals surface area contributed by atoms with E-state index in [1.54, 1.807) is 0 Å². The summed E-state index contributed by atoms with van der Waals surface area (Å²) >= 11 is 6.27. The number of aryl methyl sites for hydroxylation is 1. The average molecular weight is 287 g/mol. The Balaban J connectivity index is 1.79.